The number of methoxy groups -OCH3 is 1. The number of amides is 1. The molecule has 1 saturated heterocycles. The molecule has 0 bridgehead atoms. The second kappa shape index (κ2) is 9.36. The highest BCUT2D eigenvalue weighted by atomic mass is 16.5. The van der Waals surface area contributed by atoms with E-state index in [0.717, 1.165) is 33.3 Å². The number of fused-ring (bicyclic) bond motifs is 1. The Balaban J connectivity index is 1.54. The van der Waals surface area contributed by atoms with Crippen molar-refractivity contribution in [2.45, 2.75) is 19.4 Å². The lowest BCUT2D eigenvalue weighted by Crippen LogP contribution is -2.50. The Bertz CT molecular complexity index is 1510. The number of carbonyl (C=O) groups excluding carboxylic acids is 1. The Labute approximate surface area is 209 Å². The number of pyridine rings is 1. The van der Waals surface area contributed by atoms with Crippen LogP contribution in [0, 0.1) is 11.3 Å². The summed E-state index contributed by atoms with van der Waals surface area (Å²) < 4.78 is 10.9. The summed E-state index contributed by atoms with van der Waals surface area (Å²) >= 11 is 0. The van der Waals surface area contributed by atoms with E-state index in [1.807, 2.05) is 61.2 Å². The van der Waals surface area contributed by atoms with Crippen LogP contribution in [0.4, 0.5) is 0 Å². The van der Waals surface area contributed by atoms with E-state index < -0.39 is 0 Å². The molecule has 2 aromatic heterocycles. The minimum Gasteiger partial charge on any atom is -0.480 e. The first kappa shape index (κ1) is 23.4. The molecule has 8 nitrogen and oxygen atoms in total. The molecule has 4 aromatic rings. The molecule has 0 N–H and O–H groups in total. The van der Waals surface area contributed by atoms with E-state index in [1.165, 1.54) is 13.4 Å². The summed E-state index contributed by atoms with van der Waals surface area (Å²) in [7, 11) is 1.49. The van der Waals surface area contributed by atoms with Gasteiger partial charge in [-0.05, 0) is 49.7 Å². The van der Waals surface area contributed by atoms with Crippen molar-refractivity contribution in [1.82, 2.24) is 19.9 Å². The van der Waals surface area contributed by atoms with Crippen molar-refractivity contribution in [2.24, 2.45) is 0 Å². The van der Waals surface area contributed by atoms with Crippen LogP contribution in [0.15, 0.2) is 61.1 Å². The molecule has 0 atom stereocenters. The maximum Gasteiger partial charge on any atom is 0.254 e. The lowest BCUT2D eigenvalue weighted by atomic mass is 9.99. The molecule has 0 aliphatic carbocycles. The summed E-state index contributed by atoms with van der Waals surface area (Å²) in [5.41, 5.74) is 4.56. The van der Waals surface area contributed by atoms with Crippen LogP contribution in [0.25, 0.3) is 33.3 Å². The van der Waals surface area contributed by atoms with Crippen LogP contribution in [0.5, 0.6) is 5.88 Å². The van der Waals surface area contributed by atoms with Crippen LogP contribution in [0.1, 0.15) is 29.8 Å². The molecule has 5 rings (SSSR count). The average Bonchev–Trinajstić information content (AvgIpc) is 2.91. The van der Waals surface area contributed by atoms with Crippen LogP contribution in [-0.4, -0.2) is 58.2 Å². The van der Waals surface area contributed by atoms with Gasteiger partial charge in [0.15, 0.2) is 0 Å². The molecule has 8 heteroatoms. The number of rotatable bonds is 4. The molecule has 1 aliphatic heterocycles. The molecule has 1 fully saturated rings. The molecule has 36 heavy (non-hydrogen) atoms. The van der Waals surface area contributed by atoms with Gasteiger partial charge in [0.25, 0.3) is 5.91 Å². The molecule has 0 spiro atoms. The topological polar surface area (TPSA) is 101 Å². The summed E-state index contributed by atoms with van der Waals surface area (Å²) in [5.74, 6) is 0.261. The van der Waals surface area contributed by atoms with E-state index in [-0.39, 0.29) is 17.4 Å². The average molecular weight is 480 g/mol. The SMILES string of the molecule is COc1ncc(-c2ccc3ncnc(-c4cccc(C(=O)N5CCOC(C)(C)C5)c4)c3c2)cc1C#N. The number of hydrogen-bond donors (Lipinski definition) is 0. The first-order valence-electron chi connectivity index (χ1n) is 11.6. The zero-order valence-corrected chi connectivity index (χ0v) is 20.4. The Morgan fingerprint density at radius 3 is 2.72 bits per heavy atom. The summed E-state index contributed by atoms with van der Waals surface area (Å²) in [4.78, 5) is 28.4. The fourth-order valence-corrected chi connectivity index (χ4v) is 4.49. The van der Waals surface area contributed by atoms with Crippen molar-refractivity contribution in [3.05, 3.63) is 72.2 Å². The Morgan fingerprint density at radius 1 is 1.08 bits per heavy atom. The fraction of sp³-hybridized carbons (Fsp3) is 0.250. The van der Waals surface area contributed by atoms with Gasteiger partial charge in [-0.25, -0.2) is 15.0 Å². The van der Waals surface area contributed by atoms with Crippen LogP contribution in [0.3, 0.4) is 0 Å². The van der Waals surface area contributed by atoms with Crippen molar-refractivity contribution >= 4 is 16.8 Å². The largest absolute Gasteiger partial charge is 0.480 e. The predicted octanol–water partition coefficient (Wildman–Crippen LogP) is 4.49. The fourth-order valence-electron chi connectivity index (χ4n) is 4.49. The Kier molecular flexibility index (Phi) is 6.08. The first-order valence-corrected chi connectivity index (χ1v) is 11.6. The number of carbonyl (C=O) groups is 1. The third-order valence-corrected chi connectivity index (χ3v) is 6.23. The van der Waals surface area contributed by atoms with Gasteiger partial charge in [0.1, 0.15) is 18.0 Å². The van der Waals surface area contributed by atoms with E-state index in [9.17, 15) is 10.1 Å². The predicted molar refractivity (Wildman–Crippen MR) is 135 cm³/mol. The summed E-state index contributed by atoms with van der Waals surface area (Å²) in [5, 5.41) is 10.3. The third kappa shape index (κ3) is 4.49. The maximum atomic E-state index is 13.3. The van der Waals surface area contributed by atoms with Gasteiger partial charge in [0.2, 0.25) is 5.88 Å². The highest BCUT2D eigenvalue weighted by Crippen LogP contribution is 2.31. The van der Waals surface area contributed by atoms with Crippen molar-refractivity contribution in [1.29, 1.82) is 5.26 Å². The number of nitriles is 1. The standard InChI is InChI=1S/C28H25N5O3/c1-28(2)16-33(9-10-36-28)27(34)20-6-4-5-19(11-20)25-23-13-18(7-8-24(23)31-17-32-25)22-12-21(14-29)26(35-3)30-15-22/h4-8,11-13,15,17H,9-10,16H2,1-3H3. The van der Waals surface area contributed by atoms with E-state index >= 15 is 0 Å². The minimum absolute atomic E-state index is 0.0272. The molecular formula is C28H25N5O3. The Morgan fingerprint density at radius 2 is 1.94 bits per heavy atom. The molecule has 0 saturated carbocycles. The number of aromatic nitrogens is 3. The van der Waals surface area contributed by atoms with Gasteiger partial charge in [-0.15, -0.1) is 0 Å². The summed E-state index contributed by atoms with van der Waals surface area (Å²) in [6.45, 7) is 5.60. The maximum absolute atomic E-state index is 13.3. The highest BCUT2D eigenvalue weighted by Gasteiger charge is 2.30. The quantitative estimate of drug-likeness (QED) is 0.425. The number of hydrogen-bond acceptors (Lipinski definition) is 7. The zero-order valence-electron chi connectivity index (χ0n) is 20.4. The number of ether oxygens (including phenoxy) is 2. The molecule has 0 unspecified atom stereocenters. The summed E-state index contributed by atoms with van der Waals surface area (Å²) in [6.07, 6.45) is 3.20. The lowest BCUT2D eigenvalue weighted by molar-refractivity contribution is -0.0764. The highest BCUT2D eigenvalue weighted by molar-refractivity contribution is 5.98. The number of benzene rings is 2. The summed E-state index contributed by atoms with van der Waals surface area (Å²) in [6, 6.07) is 17.2. The number of nitrogens with zero attached hydrogens (tertiary/aromatic N) is 5. The van der Waals surface area contributed by atoms with Gasteiger partial charge in [-0.3, -0.25) is 4.79 Å². The normalized spacial score (nSPS) is 14.9. The second-order valence-corrected chi connectivity index (χ2v) is 9.26. The van der Waals surface area contributed by atoms with Crippen LogP contribution >= 0.6 is 0 Å². The van der Waals surface area contributed by atoms with Gasteiger partial charge in [-0.2, -0.15) is 5.26 Å². The molecule has 0 radical (unpaired) electrons. The van der Waals surface area contributed by atoms with Crippen molar-refractivity contribution in [3.8, 4) is 34.3 Å². The van der Waals surface area contributed by atoms with Crippen molar-refractivity contribution < 1.29 is 14.3 Å². The zero-order chi connectivity index (χ0) is 25.3. The smallest absolute Gasteiger partial charge is 0.254 e. The molecule has 1 amide bonds. The molecule has 180 valence electrons. The minimum atomic E-state index is -0.369. The van der Waals surface area contributed by atoms with E-state index in [2.05, 4.69) is 21.0 Å². The Hall–Kier alpha value is -4.35. The second-order valence-electron chi connectivity index (χ2n) is 9.26. The van der Waals surface area contributed by atoms with Crippen LogP contribution in [0.2, 0.25) is 0 Å². The van der Waals surface area contributed by atoms with Crippen LogP contribution in [-0.2, 0) is 4.74 Å². The number of morpholine rings is 1. The van der Waals surface area contributed by atoms with E-state index in [4.69, 9.17) is 9.47 Å². The molecular weight excluding hydrogens is 454 g/mol. The van der Waals surface area contributed by atoms with Gasteiger partial charge in [0, 0.05) is 41.4 Å². The van der Waals surface area contributed by atoms with Crippen molar-refractivity contribution in [3.63, 3.8) is 0 Å². The van der Waals surface area contributed by atoms with E-state index in [0.29, 0.717) is 30.8 Å². The van der Waals surface area contributed by atoms with Crippen LogP contribution < -0.4 is 4.74 Å². The van der Waals surface area contributed by atoms with Gasteiger partial charge in [0.05, 0.1) is 30.5 Å². The van der Waals surface area contributed by atoms with Gasteiger partial charge >= 0.3 is 0 Å². The van der Waals surface area contributed by atoms with Gasteiger partial charge in [-0.1, -0.05) is 18.2 Å². The molecule has 1 aliphatic rings. The van der Waals surface area contributed by atoms with Gasteiger partial charge < -0.3 is 14.4 Å². The van der Waals surface area contributed by atoms with E-state index in [1.54, 1.807) is 12.3 Å². The molecule has 2 aromatic carbocycles. The van der Waals surface area contributed by atoms with Crippen molar-refractivity contribution in [2.75, 3.05) is 26.8 Å². The third-order valence-electron chi connectivity index (χ3n) is 6.23. The lowest BCUT2D eigenvalue weighted by Gasteiger charge is -2.38. The monoisotopic (exact) mass is 479 g/mol. The molecule has 3 heterocycles. The first-order chi connectivity index (χ1) is 17.4.